The van der Waals surface area contributed by atoms with E-state index in [4.69, 9.17) is 9.05 Å². The topological polar surface area (TPSA) is 72.4 Å². The molecular weight excluding hydrogens is 375 g/mol. The molecule has 1 aliphatic heterocycles. The van der Waals surface area contributed by atoms with Crippen molar-refractivity contribution < 1.29 is 27.0 Å². The Kier molecular flexibility index (Phi) is 4.24. The molecule has 1 aliphatic rings. The van der Waals surface area contributed by atoms with E-state index in [9.17, 15) is 18.0 Å². The summed E-state index contributed by atoms with van der Waals surface area (Å²) in [6, 6.07) is 4.73. The molecule has 146 valence electrons. The summed E-state index contributed by atoms with van der Waals surface area (Å²) >= 11 is 0. The number of halogens is 3. The highest BCUT2D eigenvalue weighted by molar-refractivity contribution is 5.96. The number of hydrogen-bond donors (Lipinski definition) is 0. The third-order valence-electron chi connectivity index (χ3n) is 4.85. The molecule has 0 radical (unpaired) electrons. The van der Waals surface area contributed by atoms with Gasteiger partial charge in [0.05, 0.1) is 17.8 Å². The van der Waals surface area contributed by atoms with Crippen molar-refractivity contribution >= 4 is 5.91 Å². The predicted molar refractivity (Wildman–Crippen MR) is 91.4 cm³/mol. The predicted octanol–water partition coefficient (Wildman–Crippen LogP) is 4.16. The van der Waals surface area contributed by atoms with Crippen molar-refractivity contribution in [2.24, 2.45) is 0 Å². The highest BCUT2D eigenvalue weighted by atomic mass is 19.4. The van der Waals surface area contributed by atoms with Crippen molar-refractivity contribution in [1.29, 1.82) is 0 Å². The number of aryl methyl sites for hydroxylation is 2. The summed E-state index contributed by atoms with van der Waals surface area (Å²) in [7, 11) is 0. The normalized spacial score (nSPS) is 14.2. The number of nitrogens with zero attached hydrogens (tertiary/aromatic N) is 3. The van der Waals surface area contributed by atoms with Crippen LogP contribution in [0.3, 0.4) is 0 Å². The van der Waals surface area contributed by atoms with Crippen LogP contribution in [-0.2, 0) is 19.1 Å². The van der Waals surface area contributed by atoms with E-state index in [0.717, 1.165) is 12.1 Å². The third-order valence-corrected chi connectivity index (χ3v) is 4.85. The van der Waals surface area contributed by atoms with Crippen molar-refractivity contribution in [3.05, 3.63) is 58.2 Å². The number of carbonyl (C=O) groups excluding carboxylic acids is 1. The van der Waals surface area contributed by atoms with Crippen LogP contribution in [0.4, 0.5) is 13.2 Å². The Bertz CT molecular complexity index is 1020. The van der Waals surface area contributed by atoms with Gasteiger partial charge in [0, 0.05) is 24.1 Å². The fourth-order valence-electron chi connectivity index (χ4n) is 3.37. The lowest BCUT2D eigenvalue weighted by atomic mass is 9.99. The maximum Gasteiger partial charge on any atom is 0.416 e. The van der Waals surface area contributed by atoms with Gasteiger partial charge >= 0.3 is 6.18 Å². The Morgan fingerprint density at radius 3 is 2.43 bits per heavy atom. The second kappa shape index (κ2) is 6.50. The van der Waals surface area contributed by atoms with Crippen LogP contribution in [0.1, 0.15) is 38.7 Å². The van der Waals surface area contributed by atoms with Crippen LogP contribution in [0, 0.1) is 13.8 Å². The number of carbonyl (C=O) groups is 1. The molecule has 0 N–H and O–H groups in total. The highest BCUT2D eigenvalue weighted by Crippen LogP contribution is 2.34. The van der Waals surface area contributed by atoms with Crippen molar-refractivity contribution in [3.63, 3.8) is 0 Å². The molecule has 0 unspecified atom stereocenters. The van der Waals surface area contributed by atoms with E-state index in [1.165, 1.54) is 12.1 Å². The van der Waals surface area contributed by atoms with Gasteiger partial charge in [-0.1, -0.05) is 22.4 Å². The standard InChI is InChI=1S/C19H16F3N3O3/c1-10-16(11(2)27-23-10)18(26)25-8-7-15-14(9-25)17(24-28-15)12-3-5-13(6-4-12)19(20,21)22/h3-6H,7-9H2,1-2H3. The zero-order valence-electron chi connectivity index (χ0n) is 15.1. The Hall–Kier alpha value is -3.10. The first-order valence-electron chi connectivity index (χ1n) is 8.63. The minimum atomic E-state index is -4.40. The van der Waals surface area contributed by atoms with Crippen LogP contribution in [0.15, 0.2) is 33.3 Å². The summed E-state index contributed by atoms with van der Waals surface area (Å²) in [6.07, 6.45) is -3.93. The first kappa shape index (κ1) is 18.3. The molecule has 0 spiro atoms. The summed E-state index contributed by atoms with van der Waals surface area (Å²) in [6.45, 7) is 4.07. The molecule has 3 aromatic rings. The van der Waals surface area contributed by atoms with Crippen molar-refractivity contribution in [3.8, 4) is 11.3 Å². The first-order valence-corrected chi connectivity index (χ1v) is 8.63. The van der Waals surface area contributed by atoms with E-state index in [2.05, 4.69) is 10.3 Å². The fourth-order valence-corrected chi connectivity index (χ4v) is 3.37. The lowest BCUT2D eigenvalue weighted by molar-refractivity contribution is -0.137. The van der Waals surface area contributed by atoms with Gasteiger partial charge in [-0.05, 0) is 26.0 Å². The second-order valence-electron chi connectivity index (χ2n) is 6.68. The van der Waals surface area contributed by atoms with Gasteiger partial charge in [-0.15, -0.1) is 0 Å². The number of amides is 1. The van der Waals surface area contributed by atoms with Crippen molar-refractivity contribution in [2.45, 2.75) is 33.0 Å². The minimum Gasteiger partial charge on any atom is -0.361 e. The van der Waals surface area contributed by atoms with Gasteiger partial charge in [0.15, 0.2) is 0 Å². The number of aromatic nitrogens is 2. The molecule has 2 aromatic heterocycles. The van der Waals surface area contributed by atoms with E-state index >= 15 is 0 Å². The molecular formula is C19H16F3N3O3. The molecule has 28 heavy (non-hydrogen) atoms. The number of fused-ring (bicyclic) bond motifs is 1. The number of benzene rings is 1. The fraction of sp³-hybridized carbons (Fsp3) is 0.316. The molecule has 0 fully saturated rings. The van der Waals surface area contributed by atoms with Gasteiger partial charge < -0.3 is 13.9 Å². The molecule has 0 bridgehead atoms. The van der Waals surface area contributed by atoms with Crippen LogP contribution < -0.4 is 0 Å². The van der Waals surface area contributed by atoms with Crippen LogP contribution in [0.5, 0.6) is 0 Å². The van der Waals surface area contributed by atoms with Crippen LogP contribution in [0.25, 0.3) is 11.3 Å². The van der Waals surface area contributed by atoms with Crippen LogP contribution in [-0.4, -0.2) is 27.7 Å². The minimum absolute atomic E-state index is 0.207. The monoisotopic (exact) mass is 391 g/mol. The summed E-state index contributed by atoms with van der Waals surface area (Å²) < 4.78 is 48.8. The summed E-state index contributed by atoms with van der Waals surface area (Å²) in [5.41, 5.74) is 1.86. The van der Waals surface area contributed by atoms with Gasteiger partial charge in [-0.3, -0.25) is 4.79 Å². The van der Waals surface area contributed by atoms with Crippen LogP contribution >= 0.6 is 0 Å². The van der Waals surface area contributed by atoms with E-state index < -0.39 is 11.7 Å². The van der Waals surface area contributed by atoms with Crippen molar-refractivity contribution in [1.82, 2.24) is 15.2 Å². The Morgan fingerprint density at radius 2 is 1.82 bits per heavy atom. The summed E-state index contributed by atoms with van der Waals surface area (Å²) in [5, 5.41) is 7.84. The smallest absolute Gasteiger partial charge is 0.361 e. The third kappa shape index (κ3) is 3.06. The van der Waals surface area contributed by atoms with Crippen LogP contribution in [0.2, 0.25) is 0 Å². The molecule has 3 heterocycles. The van der Waals surface area contributed by atoms with E-state index in [1.807, 2.05) is 0 Å². The van der Waals surface area contributed by atoms with E-state index in [1.54, 1.807) is 18.7 Å². The Labute approximate surface area is 157 Å². The van der Waals surface area contributed by atoms with E-state index in [0.29, 0.717) is 52.6 Å². The molecule has 0 saturated heterocycles. The molecule has 1 aromatic carbocycles. The lowest BCUT2D eigenvalue weighted by Gasteiger charge is -2.26. The Balaban J connectivity index is 1.63. The zero-order valence-corrected chi connectivity index (χ0v) is 15.1. The number of hydrogen-bond acceptors (Lipinski definition) is 5. The molecule has 0 atom stereocenters. The maximum absolute atomic E-state index is 12.9. The molecule has 0 aliphatic carbocycles. The quantitative estimate of drug-likeness (QED) is 0.656. The SMILES string of the molecule is Cc1noc(C)c1C(=O)N1CCc2onc(-c3ccc(C(F)(F)F)cc3)c2C1. The molecule has 1 amide bonds. The largest absolute Gasteiger partial charge is 0.416 e. The first-order chi connectivity index (χ1) is 13.3. The van der Waals surface area contributed by atoms with E-state index in [-0.39, 0.29) is 12.5 Å². The number of alkyl halides is 3. The van der Waals surface area contributed by atoms with Gasteiger partial charge in [-0.25, -0.2) is 0 Å². The lowest BCUT2D eigenvalue weighted by Crippen LogP contribution is -2.36. The number of rotatable bonds is 2. The maximum atomic E-state index is 12.9. The molecule has 9 heteroatoms. The summed E-state index contributed by atoms with van der Waals surface area (Å²) in [5.74, 6) is 0.876. The van der Waals surface area contributed by atoms with Crippen molar-refractivity contribution in [2.75, 3.05) is 6.54 Å². The van der Waals surface area contributed by atoms with Gasteiger partial charge in [0.2, 0.25) is 0 Å². The second-order valence-corrected chi connectivity index (χ2v) is 6.68. The van der Waals surface area contributed by atoms with Gasteiger partial charge in [0.1, 0.15) is 22.8 Å². The average Bonchev–Trinajstić information content (AvgIpc) is 3.23. The molecule has 4 rings (SSSR count). The highest BCUT2D eigenvalue weighted by Gasteiger charge is 2.32. The molecule has 0 saturated carbocycles. The van der Waals surface area contributed by atoms with Gasteiger partial charge in [-0.2, -0.15) is 13.2 Å². The van der Waals surface area contributed by atoms with Gasteiger partial charge in [0.25, 0.3) is 5.91 Å². The summed E-state index contributed by atoms with van der Waals surface area (Å²) in [4.78, 5) is 14.5. The Morgan fingerprint density at radius 1 is 1.11 bits per heavy atom. The zero-order chi connectivity index (χ0) is 20.1. The molecule has 6 nitrogen and oxygen atoms in total. The average molecular weight is 391 g/mol.